The normalized spacial score (nSPS) is 25.9. The minimum Gasteiger partial charge on any atom is -0.295 e. The molecule has 88 valence electrons. The Kier molecular flexibility index (Phi) is 4.72. The summed E-state index contributed by atoms with van der Waals surface area (Å²) in [5.41, 5.74) is 1.84. The topological polar surface area (TPSA) is 17.1 Å². The van der Waals surface area contributed by atoms with E-state index in [0.29, 0.717) is 18.3 Å². The van der Waals surface area contributed by atoms with E-state index < -0.39 is 0 Å². The Morgan fingerprint density at radius 3 is 2.56 bits per heavy atom. The Hall–Kier alpha value is -1.11. The smallest absolute Gasteiger partial charge is 0.158 e. The molecule has 1 aliphatic carbocycles. The predicted octanol–water partition coefficient (Wildman–Crippen LogP) is 4.07. The van der Waals surface area contributed by atoms with Crippen LogP contribution in [-0.4, -0.2) is 5.78 Å². The summed E-state index contributed by atoms with van der Waals surface area (Å²) >= 11 is 0. The molecule has 0 fully saturated rings. The van der Waals surface area contributed by atoms with Gasteiger partial charge in [0.1, 0.15) is 0 Å². The van der Waals surface area contributed by atoms with E-state index in [1.165, 1.54) is 0 Å². The van der Waals surface area contributed by atoms with Crippen LogP contribution in [0.3, 0.4) is 0 Å². The van der Waals surface area contributed by atoms with Crippen molar-refractivity contribution in [2.45, 2.75) is 39.5 Å². The molecule has 0 amide bonds. The third kappa shape index (κ3) is 3.80. The van der Waals surface area contributed by atoms with E-state index in [4.69, 9.17) is 0 Å². The Labute approximate surface area is 98.9 Å². The van der Waals surface area contributed by atoms with Crippen molar-refractivity contribution in [1.29, 1.82) is 0 Å². The van der Waals surface area contributed by atoms with Gasteiger partial charge in [-0.2, -0.15) is 0 Å². The molecule has 0 saturated heterocycles. The lowest BCUT2D eigenvalue weighted by molar-refractivity contribution is -0.115. The lowest BCUT2D eigenvalue weighted by Crippen LogP contribution is -2.10. The first-order valence-corrected chi connectivity index (χ1v) is 6.07. The maximum atomic E-state index is 11.7. The van der Waals surface area contributed by atoms with Gasteiger partial charge in [0.15, 0.2) is 5.78 Å². The van der Waals surface area contributed by atoms with E-state index in [1.807, 2.05) is 0 Å². The van der Waals surface area contributed by atoms with E-state index >= 15 is 0 Å². The lowest BCUT2D eigenvalue weighted by Gasteiger charge is -2.18. The minimum absolute atomic E-state index is 0.207. The maximum absolute atomic E-state index is 11.7. The summed E-state index contributed by atoms with van der Waals surface area (Å²) in [7, 11) is 0. The van der Waals surface area contributed by atoms with Gasteiger partial charge in [0.2, 0.25) is 0 Å². The van der Waals surface area contributed by atoms with Crippen LogP contribution >= 0.6 is 0 Å². The molecule has 1 nitrogen and oxygen atoms in total. The molecule has 0 bridgehead atoms. The third-order valence-electron chi connectivity index (χ3n) is 3.28. The SMILES string of the molecule is C=C1/C=C/[C@H](C(C)C)CCC(=C)C(=O)CC1. The predicted molar refractivity (Wildman–Crippen MR) is 69.2 cm³/mol. The van der Waals surface area contributed by atoms with Gasteiger partial charge in [-0.1, -0.05) is 44.7 Å². The molecule has 0 heterocycles. The molecule has 0 aromatic rings. The summed E-state index contributed by atoms with van der Waals surface area (Å²) in [5, 5.41) is 0. The second-order valence-corrected chi connectivity index (χ2v) is 4.99. The number of carbonyl (C=O) groups excluding carboxylic acids is 1. The summed E-state index contributed by atoms with van der Waals surface area (Å²) in [6.45, 7) is 12.3. The highest BCUT2D eigenvalue weighted by molar-refractivity contribution is 5.94. The molecule has 0 aromatic carbocycles. The first-order chi connectivity index (χ1) is 7.50. The fourth-order valence-corrected chi connectivity index (χ4v) is 1.93. The molecular formula is C15H22O. The van der Waals surface area contributed by atoms with Crippen LogP contribution in [0.15, 0.2) is 36.5 Å². The van der Waals surface area contributed by atoms with Crippen LogP contribution in [0.5, 0.6) is 0 Å². The Balaban J connectivity index is 2.78. The number of ketones is 1. The molecule has 0 spiro atoms. The van der Waals surface area contributed by atoms with E-state index in [0.717, 1.165) is 30.4 Å². The summed E-state index contributed by atoms with van der Waals surface area (Å²) in [6.07, 6.45) is 7.51. The van der Waals surface area contributed by atoms with Crippen molar-refractivity contribution in [2.75, 3.05) is 0 Å². The van der Waals surface area contributed by atoms with Crippen LogP contribution in [-0.2, 0) is 4.79 Å². The number of allylic oxidation sites excluding steroid dienone is 4. The van der Waals surface area contributed by atoms with E-state index in [9.17, 15) is 4.79 Å². The number of rotatable bonds is 1. The zero-order chi connectivity index (χ0) is 12.1. The van der Waals surface area contributed by atoms with Crippen molar-refractivity contribution in [2.24, 2.45) is 11.8 Å². The molecule has 16 heavy (non-hydrogen) atoms. The monoisotopic (exact) mass is 218 g/mol. The van der Waals surface area contributed by atoms with E-state index in [-0.39, 0.29) is 5.78 Å². The Morgan fingerprint density at radius 2 is 1.94 bits per heavy atom. The zero-order valence-electron chi connectivity index (χ0n) is 10.5. The quantitative estimate of drug-likeness (QED) is 0.606. The minimum atomic E-state index is 0.207. The fraction of sp³-hybridized carbons (Fsp3) is 0.533. The van der Waals surface area contributed by atoms with Gasteiger partial charge in [-0.25, -0.2) is 0 Å². The zero-order valence-corrected chi connectivity index (χ0v) is 10.5. The van der Waals surface area contributed by atoms with Gasteiger partial charge < -0.3 is 0 Å². The van der Waals surface area contributed by atoms with Crippen LogP contribution < -0.4 is 0 Å². The molecule has 0 N–H and O–H groups in total. The molecule has 0 unspecified atom stereocenters. The van der Waals surface area contributed by atoms with E-state index in [1.54, 1.807) is 0 Å². The van der Waals surface area contributed by atoms with Gasteiger partial charge in [-0.3, -0.25) is 4.79 Å². The highest BCUT2D eigenvalue weighted by Crippen LogP contribution is 2.24. The van der Waals surface area contributed by atoms with Gasteiger partial charge in [0.05, 0.1) is 0 Å². The van der Waals surface area contributed by atoms with Crippen LogP contribution in [0.25, 0.3) is 0 Å². The Bertz CT molecular complexity index is 320. The third-order valence-corrected chi connectivity index (χ3v) is 3.28. The van der Waals surface area contributed by atoms with Gasteiger partial charge in [0, 0.05) is 6.42 Å². The standard InChI is InChI=1S/C15H22O/c1-11(2)14-8-5-12(3)6-10-15(16)13(4)7-9-14/h5,8,11,14H,3-4,6-7,9-10H2,1-2H3/b8-5+/t14-/m0/s1. The van der Waals surface area contributed by atoms with Crippen molar-refractivity contribution in [3.8, 4) is 0 Å². The first-order valence-electron chi connectivity index (χ1n) is 6.07. The number of hydrogen-bond acceptors (Lipinski definition) is 1. The fourth-order valence-electron chi connectivity index (χ4n) is 1.93. The highest BCUT2D eigenvalue weighted by Gasteiger charge is 2.15. The van der Waals surface area contributed by atoms with E-state index in [2.05, 4.69) is 39.2 Å². The molecule has 0 aromatic heterocycles. The molecule has 1 aliphatic rings. The number of Topliss-reactive ketones (excluding diaryl/α,β-unsaturated/α-hetero) is 1. The van der Waals surface area contributed by atoms with Gasteiger partial charge in [-0.15, -0.1) is 0 Å². The largest absolute Gasteiger partial charge is 0.295 e. The average molecular weight is 218 g/mol. The summed E-state index contributed by atoms with van der Waals surface area (Å²) < 4.78 is 0. The second kappa shape index (κ2) is 5.83. The van der Waals surface area contributed by atoms with Gasteiger partial charge in [0.25, 0.3) is 0 Å². The average Bonchev–Trinajstić information content (AvgIpc) is 2.23. The van der Waals surface area contributed by atoms with Crippen LogP contribution in [0.2, 0.25) is 0 Å². The molecule has 0 saturated carbocycles. The Morgan fingerprint density at radius 1 is 1.25 bits per heavy atom. The van der Waals surface area contributed by atoms with Crippen molar-refractivity contribution in [1.82, 2.24) is 0 Å². The van der Waals surface area contributed by atoms with Crippen molar-refractivity contribution >= 4 is 5.78 Å². The molecule has 1 rings (SSSR count). The second-order valence-electron chi connectivity index (χ2n) is 4.99. The van der Waals surface area contributed by atoms with Crippen molar-refractivity contribution < 1.29 is 4.79 Å². The van der Waals surface area contributed by atoms with Crippen molar-refractivity contribution in [3.63, 3.8) is 0 Å². The number of carbonyl (C=O) groups is 1. The van der Waals surface area contributed by atoms with Gasteiger partial charge in [-0.05, 0) is 36.7 Å². The molecule has 0 radical (unpaired) electrons. The maximum Gasteiger partial charge on any atom is 0.158 e. The molecule has 1 heteroatoms. The summed E-state index contributed by atoms with van der Waals surface area (Å²) in [4.78, 5) is 11.7. The number of hydrogen-bond donors (Lipinski definition) is 0. The van der Waals surface area contributed by atoms with Crippen LogP contribution in [0, 0.1) is 11.8 Å². The van der Waals surface area contributed by atoms with Crippen LogP contribution in [0.1, 0.15) is 39.5 Å². The summed E-state index contributed by atoms with van der Waals surface area (Å²) in [5.74, 6) is 1.34. The lowest BCUT2D eigenvalue weighted by atomic mass is 9.86. The summed E-state index contributed by atoms with van der Waals surface area (Å²) in [6, 6.07) is 0. The first kappa shape index (κ1) is 13.0. The van der Waals surface area contributed by atoms with Crippen molar-refractivity contribution in [3.05, 3.63) is 36.5 Å². The van der Waals surface area contributed by atoms with Gasteiger partial charge >= 0.3 is 0 Å². The molecule has 0 aliphatic heterocycles. The van der Waals surface area contributed by atoms with Crippen LogP contribution in [0.4, 0.5) is 0 Å². The molecule has 1 atom stereocenters. The highest BCUT2D eigenvalue weighted by atomic mass is 16.1. The molecular weight excluding hydrogens is 196 g/mol.